The van der Waals surface area contributed by atoms with Crippen molar-refractivity contribution in [3.63, 3.8) is 0 Å². The first-order valence-electron chi connectivity index (χ1n) is 6.22. The van der Waals surface area contributed by atoms with Crippen molar-refractivity contribution in [3.8, 4) is 17.9 Å². The van der Waals surface area contributed by atoms with Gasteiger partial charge in [0.05, 0.1) is 18.4 Å². The van der Waals surface area contributed by atoms with Gasteiger partial charge in [-0.25, -0.2) is 4.68 Å². The molecule has 0 unspecified atom stereocenters. The van der Waals surface area contributed by atoms with E-state index in [0.29, 0.717) is 18.7 Å². The fourth-order valence-corrected chi connectivity index (χ4v) is 1.81. The number of rotatable bonds is 6. The van der Waals surface area contributed by atoms with Gasteiger partial charge in [-0.1, -0.05) is 23.4 Å². The molecule has 0 bridgehead atoms. The van der Waals surface area contributed by atoms with E-state index in [2.05, 4.69) is 10.3 Å². The molecule has 0 spiro atoms. The molecule has 0 N–H and O–H groups in total. The highest BCUT2D eigenvalue weighted by Gasteiger charge is 2.11. The van der Waals surface area contributed by atoms with Gasteiger partial charge in [-0.15, -0.1) is 5.10 Å². The summed E-state index contributed by atoms with van der Waals surface area (Å²) in [5.74, 6) is 0.816. The summed E-state index contributed by atoms with van der Waals surface area (Å²) in [4.78, 5) is 0. The zero-order valence-electron chi connectivity index (χ0n) is 10.9. The van der Waals surface area contributed by atoms with Crippen molar-refractivity contribution in [2.75, 3.05) is 6.61 Å². The Balaban J connectivity index is 1.89. The van der Waals surface area contributed by atoms with Crippen LogP contribution in [0.4, 0.5) is 0 Å². The van der Waals surface area contributed by atoms with E-state index in [4.69, 9.17) is 15.3 Å². The summed E-state index contributed by atoms with van der Waals surface area (Å²) in [6.45, 7) is 0.635. The van der Waals surface area contributed by atoms with Gasteiger partial charge in [-0.05, 0) is 25.0 Å². The summed E-state index contributed by atoms with van der Waals surface area (Å²) in [5, 5.41) is 25.2. The summed E-state index contributed by atoms with van der Waals surface area (Å²) in [6, 6.07) is 13.5. The Morgan fingerprint density at radius 2 is 2.00 bits per heavy atom. The quantitative estimate of drug-likeness (QED) is 0.743. The highest BCUT2D eigenvalue weighted by atomic mass is 16.5. The normalized spacial score (nSPS) is 9.70. The number of hydrogen-bond acceptors (Lipinski definition) is 5. The van der Waals surface area contributed by atoms with Gasteiger partial charge < -0.3 is 4.74 Å². The van der Waals surface area contributed by atoms with Crippen LogP contribution < -0.4 is 4.74 Å². The molecule has 20 heavy (non-hydrogen) atoms. The fraction of sp³-hybridized carbons (Fsp3) is 0.286. The molecule has 0 amide bonds. The van der Waals surface area contributed by atoms with E-state index >= 15 is 0 Å². The van der Waals surface area contributed by atoms with Crippen LogP contribution in [0.15, 0.2) is 30.3 Å². The maximum absolute atomic E-state index is 8.95. The predicted octanol–water partition coefficient (Wildman–Crippen LogP) is 1.68. The molecule has 1 aromatic heterocycles. The second kappa shape index (κ2) is 6.91. The Hall–Kier alpha value is -2.86. The summed E-state index contributed by atoms with van der Waals surface area (Å²) in [6.07, 6.45) is 1.33. The third-order valence-electron chi connectivity index (χ3n) is 2.73. The van der Waals surface area contributed by atoms with Crippen molar-refractivity contribution in [3.05, 3.63) is 41.7 Å². The number of ether oxygens (including phenoxy) is 1. The molecule has 0 saturated heterocycles. The molecule has 6 heteroatoms. The van der Waals surface area contributed by atoms with Crippen molar-refractivity contribution in [1.82, 2.24) is 15.0 Å². The van der Waals surface area contributed by atoms with Crippen molar-refractivity contribution >= 4 is 0 Å². The van der Waals surface area contributed by atoms with Crippen LogP contribution in [-0.2, 0) is 13.0 Å². The smallest absolute Gasteiger partial charge is 0.185 e. The average Bonchev–Trinajstić information content (AvgIpc) is 2.87. The van der Waals surface area contributed by atoms with Crippen molar-refractivity contribution < 1.29 is 4.74 Å². The molecule has 0 radical (unpaired) electrons. The molecule has 1 heterocycles. The average molecular weight is 267 g/mol. The third-order valence-corrected chi connectivity index (χ3v) is 2.73. The minimum Gasteiger partial charge on any atom is -0.494 e. The molecule has 0 atom stereocenters. The van der Waals surface area contributed by atoms with Gasteiger partial charge in [-0.2, -0.15) is 10.5 Å². The Morgan fingerprint density at radius 1 is 1.20 bits per heavy atom. The molecule has 0 fully saturated rings. The molecule has 0 aliphatic heterocycles. The molecular formula is C14H13N5O. The van der Waals surface area contributed by atoms with E-state index in [1.54, 1.807) is 0 Å². The maximum atomic E-state index is 8.95. The first-order chi connectivity index (χ1) is 9.85. The third kappa shape index (κ3) is 3.33. The van der Waals surface area contributed by atoms with Crippen molar-refractivity contribution in [2.45, 2.75) is 19.4 Å². The molecule has 0 saturated carbocycles. The van der Waals surface area contributed by atoms with Gasteiger partial charge in [0.15, 0.2) is 5.69 Å². The summed E-state index contributed by atoms with van der Waals surface area (Å²) >= 11 is 0. The van der Waals surface area contributed by atoms with Gasteiger partial charge in [-0.3, -0.25) is 0 Å². The molecule has 100 valence electrons. The zero-order valence-corrected chi connectivity index (χ0v) is 10.9. The van der Waals surface area contributed by atoms with E-state index < -0.39 is 0 Å². The van der Waals surface area contributed by atoms with Crippen LogP contribution in [0.3, 0.4) is 0 Å². The van der Waals surface area contributed by atoms with E-state index in [-0.39, 0.29) is 12.2 Å². The van der Waals surface area contributed by atoms with Gasteiger partial charge in [0.25, 0.3) is 0 Å². The maximum Gasteiger partial charge on any atom is 0.185 e. The number of aromatic nitrogens is 3. The van der Waals surface area contributed by atoms with Gasteiger partial charge in [0, 0.05) is 0 Å². The second-order valence-corrected chi connectivity index (χ2v) is 4.08. The molecule has 0 aliphatic carbocycles. The Bertz CT molecular complexity index is 636. The zero-order chi connectivity index (χ0) is 14.2. The van der Waals surface area contributed by atoms with Gasteiger partial charge in [0.2, 0.25) is 0 Å². The summed E-state index contributed by atoms with van der Waals surface area (Å²) in [5.41, 5.74) is 0.964. The monoisotopic (exact) mass is 267 g/mol. The topological polar surface area (TPSA) is 87.5 Å². The van der Waals surface area contributed by atoms with Crippen LogP contribution >= 0.6 is 0 Å². The lowest BCUT2D eigenvalue weighted by molar-refractivity contribution is 0.309. The molecule has 2 aromatic rings. The highest BCUT2D eigenvalue weighted by molar-refractivity contribution is 5.25. The lowest BCUT2D eigenvalue weighted by atomic mass is 10.2. The Kier molecular flexibility index (Phi) is 4.69. The Morgan fingerprint density at radius 3 is 2.70 bits per heavy atom. The van der Waals surface area contributed by atoms with Crippen LogP contribution in [-0.4, -0.2) is 21.6 Å². The minimum absolute atomic E-state index is 0.101. The summed E-state index contributed by atoms with van der Waals surface area (Å²) in [7, 11) is 0. The molecular weight excluding hydrogens is 254 g/mol. The van der Waals surface area contributed by atoms with Crippen LogP contribution in [0.25, 0.3) is 0 Å². The highest BCUT2D eigenvalue weighted by Crippen LogP contribution is 2.11. The number of nitriles is 2. The summed E-state index contributed by atoms with van der Waals surface area (Å²) < 4.78 is 7.04. The standard InChI is InChI=1S/C14H13N5O/c15-8-9-19-14(13(11-16)17-18-19)7-4-10-20-12-5-2-1-3-6-12/h1-3,5-6H,4,7,9-10H2. The number of hydrogen-bond donors (Lipinski definition) is 0. The molecule has 1 aromatic carbocycles. The first kappa shape index (κ1) is 13.6. The van der Waals surface area contributed by atoms with Gasteiger partial charge in [0.1, 0.15) is 18.4 Å². The van der Waals surface area contributed by atoms with Crippen LogP contribution in [0.2, 0.25) is 0 Å². The van der Waals surface area contributed by atoms with Crippen LogP contribution in [0.5, 0.6) is 5.75 Å². The number of nitrogens with zero attached hydrogens (tertiary/aromatic N) is 5. The van der Waals surface area contributed by atoms with Crippen molar-refractivity contribution in [1.29, 1.82) is 10.5 Å². The van der Waals surface area contributed by atoms with Crippen LogP contribution in [0.1, 0.15) is 17.8 Å². The minimum atomic E-state index is 0.101. The second-order valence-electron chi connectivity index (χ2n) is 4.08. The van der Waals surface area contributed by atoms with E-state index in [1.165, 1.54) is 4.68 Å². The largest absolute Gasteiger partial charge is 0.494 e. The molecule has 0 aliphatic rings. The van der Waals surface area contributed by atoms with Crippen molar-refractivity contribution in [2.24, 2.45) is 0 Å². The van der Waals surface area contributed by atoms with E-state index in [0.717, 1.165) is 12.2 Å². The first-order valence-corrected chi connectivity index (χ1v) is 6.22. The van der Waals surface area contributed by atoms with E-state index in [9.17, 15) is 0 Å². The SMILES string of the molecule is N#CCn1nnc(C#N)c1CCCOc1ccccc1. The molecule has 2 rings (SSSR count). The van der Waals surface area contributed by atoms with Crippen LogP contribution in [0, 0.1) is 22.7 Å². The fourth-order valence-electron chi connectivity index (χ4n) is 1.81. The Labute approximate surface area is 116 Å². The number of para-hydroxylation sites is 1. The lowest BCUT2D eigenvalue weighted by Gasteiger charge is -2.06. The number of benzene rings is 1. The predicted molar refractivity (Wildman–Crippen MR) is 70.6 cm³/mol. The lowest BCUT2D eigenvalue weighted by Crippen LogP contribution is -2.07. The van der Waals surface area contributed by atoms with E-state index in [1.807, 2.05) is 42.5 Å². The molecule has 6 nitrogen and oxygen atoms in total. The van der Waals surface area contributed by atoms with Gasteiger partial charge >= 0.3 is 0 Å².